The molecule has 0 radical (unpaired) electrons. The fraction of sp³-hybridized carbons (Fsp3) is 0.167. The van der Waals surface area contributed by atoms with E-state index in [1.165, 1.54) is 10.4 Å². The molecule has 16 heavy (non-hydrogen) atoms. The van der Waals surface area contributed by atoms with Crippen LogP contribution in [0.4, 0.5) is 0 Å². The molecule has 1 N–H and O–H groups in total. The molecule has 2 rings (SSSR count). The molecule has 0 amide bonds. The van der Waals surface area contributed by atoms with Crippen molar-refractivity contribution in [1.29, 1.82) is 0 Å². The average molecular weight is 317 g/mol. The summed E-state index contributed by atoms with van der Waals surface area (Å²) in [7, 11) is 1.96. The highest BCUT2D eigenvalue weighted by Crippen LogP contribution is 2.30. The maximum atomic E-state index is 6.11. The van der Waals surface area contributed by atoms with Gasteiger partial charge in [0.1, 0.15) is 0 Å². The van der Waals surface area contributed by atoms with Crippen LogP contribution in [0.1, 0.15) is 16.5 Å². The van der Waals surface area contributed by atoms with E-state index in [2.05, 4.69) is 44.8 Å². The Kier molecular flexibility index (Phi) is 4.03. The smallest absolute Gasteiger partial charge is 0.0669 e. The minimum absolute atomic E-state index is 0.214. The first-order valence-electron chi connectivity index (χ1n) is 4.88. The first kappa shape index (κ1) is 12.1. The normalized spacial score (nSPS) is 12.7. The zero-order valence-electron chi connectivity index (χ0n) is 8.71. The third-order valence-electron chi connectivity index (χ3n) is 2.39. The predicted molar refractivity (Wildman–Crippen MR) is 74.4 cm³/mol. The predicted octanol–water partition coefficient (Wildman–Crippen LogP) is 4.47. The van der Waals surface area contributed by atoms with Gasteiger partial charge in [-0.1, -0.05) is 23.7 Å². The molecule has 0 fully saturated rings. The topological polar surface area (TPSA) is 12.0 Å². The van der Waals surface area contributed by atoms with E-state index in [9.17, 15) is 0 Å². The van der Waals surface area contributed by atoms with Gasteiger partial charge in [-0.25, -0.2) is 0 Å². The van der Waals surface area contributed by atoms with Crippen molar-refractivity contribution in [3.63, 3.8) is 0 Å². The van der Waals surface area contributed by atoms with Crippen LogP contribution in [-0.2, 0) is 0 Å². The molecular formula is C12H11BrClNS. The van der Waals surface area contributed by atoms with Crippen LogP contribution in [-0.4, -0.2) is 7.05 Å². The molecule has 0 bridgehead atoms. The first-order chi connectivity index (χ1) is 7.72. The van der Waals surface area contributed by atoms with E-state index in [1.807, 2.05) is 19.2 Å². The fourth-order valence-electron chi connectivity index (χ4n) is 1.62. The van der Waals surface area contributed by atoms with Gasteiger partial charge in [0, 0.05) is 9.35 Å². The Morgan fingerprint density at radius 3 is 2.75 bits per heavy atom. The highest BCUT2D eigenvalue weighted by atomic mass is 79.9. The summed E-state index contributed by atoms with van der Waals surface area (Å²) in [6.07, 6.45) is 0. The van der Waals surface area contributed by atoms with Gasteiger partial charge < -0.3 is 5.32 Å². The molecule has 0 aliphatic rings. The average Bonchev–Trinajstić information content (AvgIpc) is 2.78. The molecule has 0 aliphatic heterocycles. The number of thiophene rings is 1. The van der Waals surface area contributed by atoms with Crippen molar-refractivity contribution in [2.75, 3.05) is 7.05 Å². The molecule has 84 valence electrons. The summed E-state index contributed by atoms with van der Waals surface area (Å²) in [6, 6.07) is 10.5. The number of rotatable bonds is 3. The number of hydrogen-bond donors (Lipinski definition) is 1. The van der Waals surface area contributed by atoms with Crippen molar-refractivity contribution in [2.45, 2.75) is 6.04 Å². The summed E-state index contributed by atoms with van der Waals surface area (Å²) in [4.78, 5) is 1.29. The lowest BCUT2D eigenvalue weighted by atomic mass is 10.1. The Labute approximate surface area is 113 Å². The summed E-state index contributed by atoms with van der Waals surface area (Å²) in [5, 5.41) is 6.13. The second-order valence-electron chi connectivity index (χ2n) is 3.41. The van der Waals surface area contributed by atoms with Gasteiger partial charge in [0.15, 0.2) is 0 Å². The zero-order valence-corrected chi connectivity index (χ0v) is 11.9. The molecule has 1 unspecified atom stereocenters. The molecule has 4 heteroatoms. The summed E-state index contributed by atoms with van der Waals surface area (Å²) in [6.45, 7) is 0. The van der Waals surface area contributed by atoms with Crippen LogP contribution >= 0.6 is 38.9 Å². The summed E-state index contributed by atoms with van der Waals surface area (Å²) in [5.74, 6) is 0. The van der Waals surface area contributed by atoms with Crippen LogP contribution < -0.4 is 5.32 Å². The first-order valence-corrected chi connectivity index (χ1v) is 6.93. The van der Waals surface area contributed by atoms with Gasteiger partial charge in [-0.05, 0) is 52.1 Å². The van der Waals surface area contributed by atoms with Gasteiger partial charge in [-0.2, -0.15) is 0 Å². The minimum Gasteiger partial charge on any atom is -0.309 e. The Hall–Kier alpha value is -0.350. The molecule has 1 atom stereocenters. The third kappa shape index (κ3) is 2.48. The van der Waals surface area contributed by atoms with E-state index in [0.29, 0.717) is 0 Å². The van der Waals surface area contributed by atoms with Crippen LogP contribution in [0, 0.1) is 0 Å². The van der Waals surface area contributed by atoms with Crippen molar-refractivity contribution in [3.05, 3.63) is 55.6 Å². The molecule has 1 aromatic heterocycles. The van der Waals surface area contributed by atoms with Gasteiger partial charge in [-0.15, -0.1) is 11.3 Å². The lowest BCUT2D eigenvalue weighted by molar-refractivity contribution is 0.704. The highest BCUT2D eigenvalue weighted by Gasteiger charge is 2.13. The Morgan fingerprint density at radius 1 is 1.38 bits per heavy atom. The van der Waals surface area contributed by atoms with Crippen LogP contribution in [0.25, 0.3) is 0 Å². The molecule has 1 heterocycles. The van der Waals surface area contributed by atoms with Crippen LogP contribution in [0.15, 0.2) is 40.2 Å². The van der Waals surface area contributed by atoms with Crippen LogP contribution in [0.3, 0.4) is 0 Å². The van der Waals surface area contributed by atoms with Crippen molar-refractivity contribution in [1.82, 2.24) is 5.32 Å². The Bertz CT molecular complexity index is 470. The van der Waals surface area contributed by atoms with Gasteiger partial charge in [0.2, 0.25) is 0 Å². The quantitative estimate of drug-likeness (QED) is 0.881. The monoisotopic (exact) mass is 315 g/mol. The van der Waals surface area contributed by atoms with E-state index < -0.39 is 0 Å². The van der Waals surface area contributed by atoms with Crippen molar-refractivity contribution < 1.29 is 0 Å². The Balaban J connectivity index is 2.37. The summed E-state index contributed by atoms with van der Waals surface area (Å²) in [5.41, 5.74) is 1.18. The van der Waals surface area contributed by atoms with Crippen molar-refractivity contribution in [2.24, 2.45) is 0 Å². The van der Waals surface area contributed by atoms with E-state index in [0.717, 1.165) is 9.50 Å². The van der Waals surface area contributed by atoms with Crippen molar-refractivity contribution in [3.8, 4) is 0 Å². The molecule has 0 saturated carbocycles. The maximum Gasteiger partial charge on any atom is 0.0669 e. The van der Waals surface area contributed by atoms with Gasteiger partial charge in [0.05, 0.1) is 11.1 Å². The summed E-state index contributed by atoms with van der Waals surface area (Å²) < 4.78 is 0.930. The van der Waals surface area contributed by atoms with Gasteiger partial charge in [0.25, 0.3) is 0 Å². The molecule has 0 saturated heterocycles. The Morgan fingerprint density at radius 2 is 2.19 bits per heavy atom. The molecule has 0 aliphatic carbocycles. The van der Waals surface area contributed by atoms with E-state index in [4.69, 9.17) is 11.6 Å². The van der Waals surface area contributed by atoms with Gasteiger partial charge in [-0.3, -0.25) is 0 Å². The lowest BCUT2D eigenvalue weighted by Crippen LogP contribution is -2.16. The van der Waals surface area contributed by atoms with Crippen LogP contribution in [0.5, 0.6) is 0 Å². The molecule has 1 nitrogen and oxygen atoms in total. The zero-order chi connectivity index (χ0) is 11.5. The lowest BCUT2D eigenvalue weighted by Gasteiger charge is -2.15. The number of hydrogen-bond acceptors (Lipinski definition) is 2. The number of halogens is 2. The summed E-state index contributed by atoms with van der Waals surface area (Å²) >= 11 is 11.2. The number of nitrogens with one attached hydrogen (secondary N) is 1. The maximum absolute atomic E-state index is 6.11. The fourth-order valence-corrected chi connectivity index (χ4v) is 2.92. The second kappa shape index (κ2) is 5.32. The SMILES string of the molecule is CNC(c1ccc(Br)c(Cl)c1)c1cccs1. The van der Waals surface area contributed by atoms with E-state index >= 15 is 0 Å². The largest absolute Gasteiger partial charge is 0.309 e. The standard InChI is InChI=1S/C12H11BrClNS/c1-15-12(11-3-2-6-16-11)8-4-5-9(13)10(14)7-8/h2-7,12,15H,1H3. The van der Waals surface area contributed by atoms with E-state index in [-0.39, 0.29) is 6.04 Å². The van der Waals surface area contributed by atoms with Gasteiger partial charge >= 0.3 is 0 Å². The molecule has 0 spiro atoms. The van der Waals surface area contributed by atoms with Crippen LogP contribution in [0.2, 0.25) is 5.02 Å². The van der Waals surface area contributed by atoms with E-state index in [1.54, 1.807) is 11.3 Å². The molecular weight excluding hydrogens is 306 g/mol. The highest BCUT2D eigenvalue weighted by molar-refractivity contribution is 9.10. The number of benzene rings is 1. The molecule has 1 aromatic carbocycles. The van der Waals surface area contributed by atoms with Crippen molar-refractivity contribution >= 4 is 38.9 Å². The third-order valence-corrected chi connectivity index (χ3v) is 4.56. The molecule has 2 aromatic rings. The second-order valence-corrected chi connectivity index (χ2v) is 5.65. The minimum atomic E-state index is 0.214.